The maximum absolute atomic E-state index is 13.1. The van der Waals surface area contributed by atoms with Gasteiger partial charge in [0.1, 0.15) is 16.8 Å². The summed E-state index contributed by atoms with van der Waals surface area (Å²) < 4.78 is 1.55. The molecule has 2 aliphatic rings. The number of halogens is 1. The van der Waals surface area contributed by atoms with Crippen molar-refractivity contribution in [2.24, 2.45) is 17.4 Å². The molecule has 0 aromatic carbocycles. The number of primary amides is 1. The summed E-state index contributed by atoms with van der Waals surface area (Å²) >= 11 is 5.95. The molecule has 3 aromatic heterocycles. The maximum Gasteiger partial charge on any atom is 0.276 e. The van der Waals surface area contributed by atoms with Crippen LogP contribution >= 0.6 is 11.6 Å². The van der Waals surface area contributed by atoms with Crippen LogP contribution in [0.2, 0.25) is 5.15 Å². The lowest BCUT2D eigenvalue weighted by Gasteiger charge is -2.29. The lowest BCUT2D eigenvalue weighted by Crippen LogP contribution is -2.37. The molecule has 13 heteroatoms. The van der Waals surface area contributed by atoms with E-state index in [9.17, 15) is 14.4 Å². The SMILES string of the molecule is NC(=O)C[C@H](N)C(=O)CC1CCC(Nc2cc(NC3CC3)c3ncc(C(=O)Nc4ccnc(Cl)c4)n3n2)CC1. The number of nitrogens with two attached hydrogens (primary N) is 2. The third-order valence-electron chi connectivity index (χ3n) is 7.14. The lowest BCUT2D eigenvalue weighted by atomic mass is 9.82. The minimum Gasteiger partial charge on any atom is -0.379 e. The number of nitrogens with one attached hydrogen (secondary N) is 3. The highest BCUT2D eigenvalue weighted by Crippen LogP contribution is 2.32. The summed E-state index contributed by atoms with van der Waals surface area (Å²) in [5.74, 6) is -0.195. The standard InChI is InChI=1S/C26H32ClN9O3/c27-22-10-17(7-8-30-22)34-26(39)20-13-31-25-19(32-15-5-6-15)12-24(35-36(20)25)33-16-3-1-14(2-4-16)9-21(37)18(28)11-23(29)38/h7-8,10,12-16,18,32H,1-6,9,11,28H2,(H2,29,38)(H,33,35)(H,30,34,39)/t14?,16?,18-/m0/s1. The Morgan fingerprint density at radius 2 is 1.77 bits per heavy atom. The molecule has 39 heavy (non-hydrogen) atoms. The number of imidazole rings is 1. The molecule has 2 aliphatic carbocycles. The minimum absolute atomic E-state index is 0.118. The van der Waals surface area contributed by atoms with Gasteiger partial charge in [0.2, 0.25) is 5.91 Å². The molecule has 0 bridgehead atoms. The molecule has 0 spiro atoms. The Balaban J connectivity index is 1.28. The van der Waals surface area contributed by atoms with Crippen LogP contribution in [0.25, 0.3) is 5.65 Å². The van der Waals surface area contributed by atoms with Gasteiger partial charge < -0.3 is 27.4 Å². The van der Waals surface area contributed by atoms with Crippen LogP contribution in [0.4, 0.5) is 17.2 Å². The van der Waals surface area contributed by atoms with E-state index in [2.05, 4.69) is 25.9 Å². The largest absolute Gasteiger partial charge is 0.379 e. The fraction of sp³-hybridized carbons (Fsp3) is 0.462. The number of carbonyl (C=O) groups is 3. The third kappa shape index (κ3) is 6.82. The van der Waals surface area contributed by atoms with Gasteiger partial charge >= 0.3 is 0 Å². The van der Waals surface area contributed by atoms with Crippen LogP contribution in [0.3, 0.4) is 0 Å². The first-order chi connectivity index (χ1) is 18.7. The zero-order valence-corrected chi connectivity index (χ0v) is 22.2. The van der Waals surface area contributed by atoms with Crippen LogP contribution in [-0.2, 0) is 9.59 Å². The first kappa shape index (κ1) is 26.8. The number of carbonyl (C=O) groups excluding carboxylic acids is 3. The van der Waals surface area contributed by atoms with E-state index in [1.165, 1.54) is 12.4 Å². The third-order valence-corrected chi connectivity index (χ3v) is 7.35. The number of hydrogen-bond donors (Lipinski definition) is 5. The van der Waals surface area contributed by atoms with E-state index in [1.807, 2.05) is 6.07 Å². The number of Topliss-reactive ketones (excluding diaryl/α,β-unsaturated/α-hetero) is 1. The molecule has 2 amide bonds. The summed E-state index contributed by atoms with van der Waals surface area (Å²) in [7, 11) is 0. The fourth-order valence-corrected chi connectivity index (χ4v) is 5.08. The summed E-state index contributed by atoms with van der Waals surface area (Å²) in [5, 5.41) is 14.8. The number of ketones is 1. The molecule has 3 aromatic rings. The molecule has 3 heterocycles. The highest BCUT2D eigenvalue weighted by molar-refractivity contribution is 6.29. The Hall–Kier alpha value is -3.77. The molecule has 2 saturated carbocycles. The van der Waals surface area contributed by atoms with Gasteiger partial charge in [0.25, 0.3) is 5.91 Å². The van der Waals surface area contributed by atoms with Crippen molar-refractivity contribution in [1.82, 2.24) is 19.6 Å². The number of anilines is 3. The number of fused-ring (bicyclic) bond motifs is 1. The highest BCUT2D eigenvalue weighted by Gasteiger charge is 2.27. The summed E-state index contributed by atoms with van der Waals surface area (Å²) in [6, 6.07) is 4.87. The molecule has 0 aliphatic heterocycles. The first-order valence-electron chi connectivity index (χ1n) is 13.2. The van der Waals surface area contributed by atoms with Gasteiger partial charge in [-0.05, 0) is 56.6 Å². The summed E-state index contributed by atoms with van der Waals surface area (Å²) in [5.41, 5.74) is 13.2. The van der Waals surface area contributed by atoms with Gasteiger partial charge in [-0.1, -0.05) is 11.6 Å². The van der Waals surface area contributed by atoms with Crippen LogP contribution in [0, 0.1) is 5.92 Å². The summed E-state index contributed by atoms with van der Waals surface area (Å²) in [4.78, 5) is 44.9. The Kier molecular flexibility index (Phi) is 7.94. The van der Waals surface area contributed by atoms with Gasteiger partial charge in [0.05, 0.1) is 17.9 Å². The zero-order chi connectivity index (χ0) is 27.5. The molecule has 0 radical (unpaired) electrons. The normalized spacial score (nSPS) is 19.8. The number of amides is 2. The van der Waals surface area contributed by atoms with Crippen molar-refractivity contribution in [2.75, 3.05) is 16.0 Å². The van der Waals surface area contributed by atoms with Gasteiger partial charge in [0.15, 0.2) is 11.3 Å². The predicted molar refractivity (Wildman–Crippen MR) is 148 cm³/mol. The zero-order valence-electron chi connectivity index (χ0n) is 21.4. The van der Waals surface area contributed by atoms with Crippen molar-refractivity contribution >= 4 is 52.0 Å². The molecule has 2 fully saturated rings. The van der Waals surface area contributed by atoms with Gasteiger partial charge in [-0.3, -0.25) is 14.4 Å². The average molecular weight is 554 g/mol. The smallest absolute Gasteiger partial charge is 0.276 e. The molecule has 5 rings (SSSR count). The van der Waals surface area contributed by atoms with Gasteiger partial charge in [-0.25, -0.2) is 14.5 Å². The van der Waals surface area contributed by atoms with Gasteiger partial charge in [0, 0.05) is 42.9 Å². The van der Waals surface area contributed by atoms with Crippen molar-refractivity contribution in [2.45, 2.75) is 69.5 Å². The second kappa shape index (κ2) is 11.5. The van der Waals surface area contributed by atoms with Crippen molar-refractivity contribution in [3.8, 4) is 0 Å². The van der Waals surface area contributed by atoms with E-state index < -0.39 is 11.9 Å². The number of pyridine rings is 1. The highest BCUT2D eigenvalue weighted by atomic mass is 35.5. The topological polar surface area (TPSA) is 182 Å². The van der Waals surface area contributed by atoms with E-state index in [4.69, 9.17) is 28.2 Å². The molecular formula is C26H32ClN9O3. The Bertz CT molecular complexity index is 1380. The number of aromatic nitrogens is 4. The van der Waals surface area contributed by atoms with Crippen molar-refractivity contribution in [3.05, 3.63) is 41.4 Å². The second-order valence-corrected chi connectivity index (χ2v) is 10.8. The van der Waals surface area contributed by atoms with E-state index in [0.717, 1.165) is 44.2 Å². The molecule has 1 atom stereocenters. The Morgan fingerprint density at radius 1 is 1.05 bits per heavy atom. The van der Waals surface area contributed by atoms with E-state index in [-0.39, 0.29) is 40.9 Å². The van der Waals surface area contributed by atoms with Crippen molar-refractivity contribution in [1.29, 1.82) is 0 Å². The summed E-state index contributed by atoms with van der Waals surface area (Å²) in [6.45, 7) is 0. The van der Waals surface area contributed by atoms with Crippen LogP contribution < -0.4 is 27.4 Å². The molecule has 7 N–H and O–H groups in total. The fourth-order valence-electron chi connectivity index (χ4n) is 4.91. The van der Waals surface area contributed by atoms with Crippen LogP contribution in [0.1, 0.15) is 61.9 Å². The monoisotopic (exact) mass is 553 g/mol. The second-order valence-electron chi connectivity index (χ2n) is 10.4. The summed E-state index contributed by atoms with van der Waals surface area (Å²) in [6.07, 6.45) is 8.85. The molecule has 0 saturated heterocycles. The van der Waals surface area contributed by atoms with Gasteiger partial charge in [-0.2, -0.15) is 0 Å². The number of hydrogen-bond acceptors (Lipinski definition) is 9. The van der Waals surface area contributed by atoms with Crippen LogP contribution in [0.5, 0.6) is 0 Å². The van der Waals surface area contributed by atoms with Crippen molar-refractivity contribution in [3.63, 3.8) is 0 Å². The van der Waals surface area contributed by atoms with Crippen molar-refractivity contribution < 1.29 is 14.4 Å². The van der Waals surface area contributed by atoms with E-state index in [0.29, 0.717) is 29.6 Å². The number of rotatable bonds is 11. The Morgan fingerprint density at radius 3 is 2.46 bits per heavy atom. The van der Waals surface area contributed by atoms with E-state index in [1.54, 1.807) is 16.6 Å². The molecule has 206 valence electrons. The number of nitrogens with zero attached hydrogens (tertiary/aromatic N) is 4. The quantitative estimate of drug-likeness (QED) is 0.223. The van der Waals surface area contributed by atoms with E-state index >= 15 is 0 Å². The Labute approximate surface area is 230 Å². The first-order valence-corrected chi connectivity index (χ1v) is 13.5. The maximum atomic E-state index is 13.1. The minimum atomic E-state index is -0.830. The average Bonchev–Trinajstić information content (AvgIpc) is 3.60. The lowest BCUT2D eigenvalue weighted by molar-refractivity contribution is -0.125. The predicted octanol–water partition coefficient (Wildman–Crippen LogP) is 2.74. The van der Waals surface area contributed by atoms with Gasteiger partial charge in [-0.15, -0.1) is 5.10 Å². The molecular weight excluding hydrogens is 522 g/mol. The molecule has 12 nitrogen and oxygen atoms in total. The van der Waals surface area contributed by atoms with Crippen LogP contribution in [0.15, 0.2) is 30.6 Å². The molecule has 0 unspecified atom stereocenters. The van der Waals surface area contributed by atoms with Crippen LogP contribution in [-0.4, -0.2) is 55.3 Å².